The van der Waals surface area contributed by atoms with Gasteiger partial charge in [-0.05, 0) is 51.6 Å². The monoisotopic (exact) mass is 606 g/mol. The van der Waals surface area contributed by atoms with Gasteiger partial charge < -0.3 is 9.47 Å². The second-order valence-corrected chi connectivity index (χ2v) is 13.1. The normalized spacial score (nSPS) is 16.6. The average molecular weight is 607 g/mol. The van der Waals surface area contributed by atoms with Crippen LogP contribution in [0.4, 0.5) is 0 Å². The van der Waals surface area contributed by atoms with Gasteiger partial charge >= 0.3 is 0 Å². The molecule has 1 aliphatic carbocycles. The van der Waals surface area contributed by atoms with E-state index < -0.39 is 0 Å². The van der Waals surface area contributed by atoms with Crippen LogP contribution in [0.2, 0.25) is 0 Å². The Bertz CT molecular complexity index is 2380. The van der Waals surface area contributed by atoms with Gasteiger partial charge in [-0.25, -0.2) is 9.98 Å². The predicted octanol–water partition coefficient (Wildman–Crippen LogP) is 10.1. The first-order chi connectivity index (χ1) is 23.0. The molecule has 9 rings (SSSR count). The minimum Gasteiger partial charge on any atom is -0.320 e. The smallest absolute Gasteiger partial charge is 0.206 e. The first-order valence-electron chi connectivity index (χ1n) is 16.3. The molecule has 0 spiro atoms. The fourth-order valence-corrected chi connectivity index (χ4v) is 7.72. The Labute approximate surface area is 275 Å². The van der Waals surface area contributed by atoms with Crippen molar-refractivity contribution >= 4 is 33.5 Å². The third-order valence-electron chi connectivity index (χ3n) is 10.0. The molecule has 0 saturated carbocycles. The standard InChI is InChI=1S/C43H34N4/c1-43(2)34-22-14-13-21-32(34)38-35(43)24-26-37-39(38)33-27-31(28-15-7-4-8-16-28)23-25-36(33)47(37)42-45-40(29-17-9-5-10-18-29)44-41(46(42)3)30-19-11-6-12-20-30/h4-27,42H,1-3H3. The third kappa shape index (κ3) is 4.14. The fraction of sp³-hybridized carbons (Fsp3) is 0.116. The maximum Gasteiger partial charge on any atom is 0.206 e. The van der Waals surface area contributed by atoms with Crippen LogP contribution in [0.5, 0.6) is 0 Å². The summed E-state index contributed by atoms with van der Waals surface area (Å²) in [5, 5.41) is 2.52. The number of nitrogens with zero attached hydrogens (tertiary/aromatic N) is 4. The lowest BCUT2D eigenvalue weighted by Crippen LogP contribution is -2.38. The van der Waals surface area contributed by atoms with Crippen LogP contribution in [0, 0.1) is 0 Å². The second-order valence-electron chi connectivity index (χ2n) is 13.1. The van der Waals surface area contributed by atoms with Gasteiger partial charge in [-0.3, -0.25) is 0 Å². The summed E-state index contributed by atoms with van der Waals surface area (Å²) in [6.07, 6.45) is -0.358. The summed E-state index contributed by atoms with van der Waals surface area (Å²) in [4.78, 5) is 12.8. The van der Waals surface area contributed by atoms with Crippen LogP contribution in [0.1, 0.15) is 42.4 Å². The fourth-order valence-electron chi connectivity index (χ4n) is 7.72. The van der Waals surface area contributed by atoms with Crippen molar-refractivity contribution in [3.8, 4) is 22.3 Å². The zero-order valence-corrected chi connectivity index (χ0v) is 26.7. The third-order valence-corrected chi connectivity index (χ3v) is 10.0. The number of hydrogen-bond donors (Lipinski definition) is 0. The quantitative estimate of drug-likeness (QED) is 0.196. The van der Waals surface area contributed by atoms with Gasteiger partial charge in [0, 0.05) is 34.4 Å². The van der Waals surface area contributed by atoms with Crippen molar-refractivity contribution in [3.05, 3.63) is 168 Å². The molecule has 0 fully saturated rings. The summed E-state index contributed by atoms with van der Waals surface area (Å²) in [5.41, 5.74) is 12.1. The molecule has 47 heavy (non-hydrogen) atoms. The molecule has 4 heteroatoms. The van der Waals surface area contributed by atoms with Gasteiger partial charge in [-0.15, -0.1) is 0 Å². The Hall–Kier alpha value is -5.74. The molecular formula is C43H34N4. The van der Waals surface area contributed by atoms with Gasteiger partial charge in [-0.2, -0.15) is 0 Å². The van der Waals surface area contributed by atoms with E-state index in [1.165, 1.54) is 49.7 Å². The molecule has 0 N–H and O–H groups in total. The summed E-state index contributed by atoms with van der Waals surface area (Å²) in [6.45, 7) is 4.71. The lowest BCUT2D eigenvalue weighted by atomic mass is 9.82. The van der Waals surface area contributed by atoms with Gasteiger partial charge in [0.15, 0.2) is 5.84 Å². The topological polar surface area (TPSA) is 32.9 Å². The molecule has 0 bridgehead atoms. The Morgan fingerprint density at radius 3 is 1.91 bits per heavy atom. The van der Waals surface area contributed by atoms with Crippen molar-refractivity contribution in [3.63, 3.8) is 0 Å². The van der Waals surface area contributed by atoms with E-state index in [2.05, 4.69) is 164 Å². The molecule has 0 amide bonds. The molecule has 0 saturated heterocycles. The molecule has 1 atom stereocenters. The molecule has 4 nitrogen and oxygen atoms in total. The summed E-state index contributed by atoms with van der Waals surface area (Å²) < 4.78 is 2.42. The van der Waals surface area contributed by atoms with Crippen LogP contribution in [-0.2, 0) is 5.41 Å². The maximum atomic E-state index is 5.42. The van der Waals surface area contributed by atoms with Gasteiger partial charge in [0.05, 0.1) is 11.0 Å². The molecule has 7 aromatic rings. The van der Waals surface area contributed by atoms with Crippen molar-refractivity contribution < 1.29 is 0 Å². The van der Waals surface area contributed by atoms with E-state index >= 15 is 0 Å². The van der Waals surface area contributed by atoms with E-state index in [0.29, 0.717) is 0 Å². The highest BCUT2D eigenvalue weighted by Gasteiger charge is 2.38. The van der Waals surface area contributed by atoms with E-state index in [-0.39, 0.29) is 11.7 Å². The molecule has 226 valence electrons. The summed E-state index contributed by atoms with van der Waals surface area (Å²) in [5.74, 6) is 1.63. The van der Waals surface area contributed by atoms with E-state index in [1.54, 1.807) is 0 Å². The summed E-state index contributed by atoms with van der Waals surface area (Å²) >= 11 is 0. The Balaban J connectivity index is 1.37. The molecule has 1 aromatic heterocycles. The number of amidine groups is 2. The van der Waals surface area contributed by atoms with E-state index in [9.17, 15) is 0 Å². The van der Waals surface area contributed by atoms with Crippen LogP contribution in [-0.4, -0.2) is 28.2 Å². The number of rotatable bonds is 4. The van der Waals surface area contributed by atoms with E-state index in [4.69, 9.17) is 9.98 Å². The zero-order valence-electron chi connectivity index (χ0n) is 26.7. The molecule has 1 unspecified atom stereocenters. The van der Waals surface area contributed by atoms with Crippen molar-refractivity contribution in [1.29, 1.82) is 0 Å². The molecule has 6 aromatic carbocycles. The zero-order chi connectivity index (χ0) is 31.7. The van der Waals surface area contributed by atoms with E-state index in [1.807, 2.05) is 12.1 Å². The predicted molar refractivity (Wildman–Crippen MR) is 195 cm³/mol. The number of benzene rings is 6. The van der Waals surface area contributed by atoms with Crippen LogP contribution < -0.4 is 0 Å². The van der Waals surface area contributed by atoms with Crippen LogP contribution in [0.3, 0.4) is 0 Å². The lowest BCUT2D eigenvalue weighted by Gasteiger charge is -2.34. The highest BCUT2D eigenvalue weighted by Crippen LogP contribution is 2.53. The average Bonchev–Trinajstić information content (AvgIpc) is 3.57. The number of aliphatic imine (C=N–C) groups is 2. The summed E-state index contributed by atoms with van der Waals surface area (Å²) in [7, 11) is 2.11. The molecule has 2 heterocycles. The van der Waals surface area contributed by atoms with Crippen molar-refractivity contribution in [1.82, 2.24) is 9.47 Å². The first-order valence-corrected chi connectivity index (χ1v) is 16.3. The highest BCUT2D eigenvalue weighted by molar-refractivity contribution is 6.18. The Morgan fingerprint density at radius 1 is 0.574 bits per heavy atom. The maximum absolute atomic E-state index is 5.42. The van der Waals surface area contributed by atoms with E-state index in [0.717, 1.165) is 28.3 Å². The van der Waals surface area contributed by atoms with Crippen molar-refractivity contribution in [2.24, 2.45) is 9.98 Å². The minimum absolute atomic E-state index is 0.0982. The molecule has 2 aliphatic rings. The first kappa shape index (κ1) is 27.6. The molecule has 1 aliphatic heterocycles. The van der Waals surface area contributed by atoms with Gasteiger partial charge in [0.1, 0.15) is 5.84 Å². The van der Waals surface area contributed by atoms with Gasteiger partial charge in [0.2, 0.25) is 6.29 Å². The largest absolute Gasteiger partial charge is 0.320 e. The number of fused-ring (bicyclic) bond motifs is 7. The minimum atomic E-state index is -0.358. The van der Waals surface area contributed by atoms with Crippen LogP contribution in [0.15, 0.2) is 156 Å². The molecule has 0 radical (unpaired) electrons. The van der Waals surface area contributed by atoms with Crippen LogP contribution >= 0.6 is 0 Å². The second kappa shape index (κ2) is 10.4. The lowest BCUT2D eigenvalue weighted by molar-refractivity contribution is 0.297. The molecular weight excluding hydrogens is 573 g/mol. The highest BCUT2D eigenvalue weighted by atomic mass is 15.4. The SMILES string of the molecule is CN1C(c2ccccc2)=NC(c2ccccc2)=NC1n1c2ccc(-c3ccccc3)cc2c2c3c(ccc21)C(C)(C)c1ccccc1-3. The number of aromatic nitrogens is 1. The summed E-state index contributed by atoms with van der Waals surface area (Å²) in [6, 6.07) is 52.0. The Kier molecular flexibility index (Phi) is 6.10. The Morgan fingerprint density at radius 2 is 1.19 bits per heavy atom. The van der Waals surface area contributed by atoms with Gasteiger partial charge in [-0.1, -0.05) is 141 Å². The van der Waals surface area contributed by atoms with Crippen molar-refractivity contribution in [2.45, 2.75) is 25.6 Å². The van der Waals surface area contributed by atoms with Gasteiger partial charge in [0.25, 0.3) is 0 Å². The van der Waals surface area contributed by atoms with Crippen LogP contribution in [0.25, 0.3) is 44.1 Å². The number of hydrogen-bond acceptors (Lipinski definition) is 3. The van der Waals surface area contributed by atoms with Crippen molar-refractivity contribution in [2.75, 3.05) is 7.05 Å².